The molecule has 2 amide bonds. The first-order valence-electron chi connectivity index (χ1n) is 7.72. The highest BCUT2D eigenvalue weighted by atomic mass is 35.5. The van der Waals surface area contributed by atoms with Crippen LogP contribution in [0.1, 0.15) is 23.2 Å². The van der Waals surface area contributed by atoms with Crippen molar-refractivity contribution < 1.29 is 9.59 Å². The first-order chi connectivity index (χ1) is 11.0. The van der Waals surface area contributed by atoms with Crippen LogP contribution in [0.3, 0.4) is 0 Å². The molecule has 3 rings (SSSR count). The van der Waals surface area contributed by atoms with E-state index in [1.54, 1.807) is 12.1 Å². The van der Waals surface area contributed by atoms with Crippen LogP contribution in [0.25, 0.3) is 0 Å². The van der Waals surface area contributed by atoms with E-state index < -0.39 is 0 Å². The SMILES string of the molecule is Cl.NC1CCC2CN(C(=O)CNC(=O)c3ccc(Cl)c(Cl)c3)CC12. The molecule has 1 saturated carbocycles. The van der Waals surface area contributed by atoms with Crippen LogP contribution in [0.15, 0.2) is 18.2 Å². The number of hydrogen-bond acceptors (Lipinski definition) is 3. The Morgan fingerprint density at radius 2 is 1.96 bits per heavy atom. The average molecular weight is 393 g/mol. The minimum absolute atomic E-state index is 0. The fourth-order valence-electron chi connectivity index (χ4n) is 3.52. The van der Waals surface area contributed by atoms with E-state index in [1.807, 2.05) is 4.90 Å². The Morgan fingerprint density at radius 3 is 2.62 bits per heavy atom. The van der Waals surface area contributed by atoms with Crippen LogP contribution in [0.2, 0.25) is 10.0 Å². The summed E-state index contributed by atoms with van der Waals surface area (Å²) in [6, 6.07) is 4.82. The lowest BCUT2D eigenvalue weighted by atomic mass is 9.98. The van der Waals surface area contributed by atoms with Crippen LogP contribution in [-0.2, 0) is 4.79 Å². The van der Waals surface area contributed by atoms with E-state index in [9.17, 15) is 9.59 Å². The summed E-state index contributed by atoms with van der Waals surface area (Å²) in [5, 5.41) is 3.34. The number of rotatable bonds is 3. The number of nitrogens with two attached hydrogens (primary N) is 1. The number of hydrogen-bond donors (Lipinski definition) is 2. The third-order valence-corrected chi connectivity index (χ3v) is 5.59. The van der Waals surface area contributed by atoms with Crippen molar-refractivity contribution in [3.8, 4) is 0 Å². The molecule has 3 N–H and O–H groups in total. The Morgan fingerprint density at radius 1 is 1.21 bits per heavy atom. The molecule has 0 radical (unpaired) electrons. The Kier molecular flexibility index (Phi) is 6.37. The number of fused-ring (bicyclic) bond motifs is 1. The van der Waals surface area contributed by atoms with Crippen molar-refractivity contribution in [1.29, 1.82) is 0 Å². The van der Waals surface area contributed by atoms with Gasteiger partial charge in [-0.05, 0) is 42.9 Å². The topological polar surface area (TPSA) is 75.4 Å². The van der Waals surface area contributed by atoms with E-state index in [0.717, 1.165) is 19.4 Å². The lowest BCUT2D eigenvalue weighted by molar-refractivity contribution is -0.129. The summed E-state index contributed by atoms with van der Waals surface area (Å²) in [5.41, 5.74) is 6.46. The van der Waals surface area contributed by atoms with Crippen molar-refractivity contribution in [2.24, 2.45) is 17.6 Å². The van der Waals surface area contributed by atoms with E-state index in [2.05, 4.69) is 5.32 Å². The predicted octanol–water partition coefficient (Wildman–Crippen LogP) is 2.34. The van der Waals surface area contributed by atoms with Gasteiger partial charge in [0.1, 0.15) is 0 Å². The van der Waals surface area contributed by atoms with Gasteiger partial charge in [-0.2, -0.15) is 0 Å². The average Bonchev–Trinajstić information content (AvgIpc) is 3.10. The van der Waals surface area contributed by atoms with Crippen LogP contribution >= 0.6 is 35.6 Å². The lowest BCUT2D eigenvalue weighted by Crippen LogP contribution is -2.40. The van der Waals surface area contributed by atoms with Gasteiger partial charge < -0.3 is 16.0 Å². The normalized spacial score (nSPS) is 25.1. The molecule has 1 aromatic carbocycles. The number of amides is 2. The zero-order valence-electron chi connectivity index (χ0n) is 13.0. The van der Waals surface area contributed by atoms with Crippen molar-refractivity contribution >= 4 is 47.4 Å². The van der Waals surface area contributed by atoms with Crippen molar-refractivity contribution in [3.05, 3.63) is 33.8 Å². The first-order valence-corrected chi connectivity index (χ1v) is 8.48. The summed E-state index contributed by atoms with van der Waals surface area (Å²) in [4.78, 5) is 26.1. The Labute approximate surface area is 157 Å². The Hall–Kier alpha value is -1.01. The number of likely N-dealkylation sites (tertiary alicyclic amines) is 1. The number of carbonyl (C=O) groups is 2. The summed E-state index contributed by atoms with van der Waals surface area (Å²) >= 11 is 11.7. The fraction of sp³-hybridized carbons (Fsp3) is 0.500. The molecule has 3 unspecified atom stereocenters. The van der Waals surface area contributed by atoms with Gasteiger partial charge in [-0.25, -0.2) is 0 Å². The first kappa shape index (κ1) is 19.3. The molecule has 0 aromatic heterocycles. The van der Waals surface area contributed by atoms with Gasteiger partial charge in [0.05, 0.1) is 16.6 Å². The van der Waals surface area contributed by atoms with Gasteiger partial charge in [-0.1, -0.05) is 23.2 Å². The lowest BCUT2D eigenvalue weighted by Gasteiger charge is -2.19. The molecule has 5 nitrogen and oxygen atoms in total. The molecule has 1 heterocycles. The van der Waals surface area contributed by atoms with E-state index in [-0.39, 0.29) is 36.8 Å². The maximum absolute atomic E-state index is 12.3. The van der Waals surface area contributed by atoms with E-state index >= 15 is 0 Å². The summed E-state index contributed by atoms with van der Waals surface area (Å²) in [5.74, 6) is 0.512. The Bertz CT molecular complexity index is 641. The number of nitrogens with zero attached hydrogens (tertiary/aromatic N) is 1. The second kappa shape index (κ2) is 7.91. The van der Waals surface area contributed by atoms with Crippen molar-refractivity contribution in [2.45, 2.75) is 18.9 Å². The second-order valence-corrected chi connectivity index (χ2v) is 7.09. The molecule has 2 fully saturated rings. The van der Waals surface area contributed by atoms with Crippen molar-refractivity contribution in [3.63, 3.8) is 0 Å². The molecule has 0 spiro atoms. The third-order valence-electron chi connectivity index (χ3n) is 4.85. The summed E-state index contributed by atoms with van der Waals surface area (Å²) < 4.78 is 0. The summed E-state index contributed by atoms with van der Waals surface area (Å²) in [6.45, 7) is 1.43. The minimum Gasteiger partial charge on any atom is -0.343 e. The highest BCUT2D eigenvalue weighted by molar-refractivity contribution is 6.42. The molecule has 0 bridgehead atoms. The third kappa shape index (κ3) is 3.97. The summed E-state index contributed by atoms with van der Waals surface area (Å²) in [7, 11) is 0. The minimum atomic E-state index is -0.340. The quantitative estimate of drug-likeness (QED) is 0.829. The van der Waals surface area contributed by atoms with Crippen LogP contribution in [0.4, 0.5) is 0 Å². The van der Waals surface area contributed by atoms with Crippen LogP contribution in [0, 0.1) is 11.8 Å². The van der Waals surface area contributed by atoms with Gasteiger partial charge in [-0.3, -0.25) is 9.59 Å². The molecule has 1 aliphatic carbocycles. The van der Waals surface area contributed by atoms with Gasteiger partial charge in [0.2, 0.25) is 5.91 Å². The number of carbonyl (C=O) groups excluding carboxylic acids is 2. The monoisotopic (exact) mass is 391 g/mol. The standard InChI is InChI=1S/C16H19Cl2N3O2.ClH/c17-12-3-1-9(5-13(12)18)16(23)20-6-15(22)21-7-10-2-4-14(19)11(10)8-21;/h1,3,5,10-11,14H,2,4,6-8,19H2,(H,20,23);1H. The van der Waals surface area contributed by atoms with Gasteiger partial charge in [0, 0.05) is 24.7 Å². The molecule has 1 aromatic rings. The zero-order valence-corrected chi connectivity index (χ0v) is 15.3. The highest BCUT2D eigenvalue weighted by Gasteiger charge is 2.42. The molecule has 132 valence electrons. The van der Waals surface area contributed by atoms with Crippen molar-refractivity contribution in [2.75, 3.05) is 19.6 Å². The van der Waals surface area contributed by atoms with Gasteiger partial charge in [0.25, 0.3) is 5.91 Å². The maximum Gasteiger partial charge on any atom is 0.251 e. The molecule has 2 aliphatic rings. The van der Waals surface area contributed by atoms with E-state index in [4.69, 9.17) is 28.9 Å². The molecular weight excluding hydrogens is 373 g/mol. The molecule has 3 atom stereocenters. The second-order valence-electron chi connectivity index (χ2n) is 6.28. The maximum atomic E-state index is 12.3. The molecule has 1 saturated heterocycles. The fourth-order valence-corrected chi connectivity index (χ4v) is 3.82. The molecule has 1 aliphatic heterocycles. The van der Waals surface area contributed by atoms with E-state index in [0.29, 0.717) is 34.0 Å². The number of benzene rings is 1. The predicted molar refractivity (Wildman–Crippen MR) is 96.8 cm³/mol. The molecule has 8 heteroatoms. The smallest absolute Gasteiger partial charge is 0.251 e. The van der Waals surface area contributed by atoms with Gasteiger partial charge >= 0.3 is 0 Å². The number of halogens is 3. The van der Waals surface area contributed by atoms with Crippen LogP contribution < -0.4 is 11.1 Å². The summed E-state index contributed by atoms with van der Waals surface area (Å²) in [6.07, 6.45) is 2.14. The molecular formula is C16H20Cl3N3O2. The van der Waals surface area contributed by atoms with Gasteiger partial charge in [0.15, 0.2) is 0 Å². The van der Waals surface area contributed by atoms with Crippen molar-refractivity contribution in [1.82, 2.24) is 10.2 Å². The Balaban J connectivity index is 0.00000208. The largest absolute Gasteiger partial charge is 0.343 e. The van der Waals surface area contributed by atoms with Crippen LogP contribution in [-0.4, -0.2) is 42.4 Å². The highest BCUT2D eigenvalue weighted by Crippen LogP contribution is 2.37. The number of nitrogens with one attached hydrogen (secondary N) is 1. The molecule has 24 heavy (non-hydrogen) atoms. The van der Waals surface area contributed by atoms with E-state index in [1.165, 1.54) is 6.07 Å². The van der Waals surface area contributed by atoms with Crippen LogP contribution in [0.5, 0.6) is 0 Å². The zero-order chi connectivity index (χ0) is 16.6. The van der Waals surface area contributed by atoms with Gasteiger partial charge in [-0.15, -0.1) is 12.4 Å².